The van der Waals surface area contributed by atoms with E-state index in [-0.39, 0.29) is 37.3 Å². The maximum Gasteiger partial charge on any atom is 0.306 e. The molecule has 0 spiro atoms. The van der Waals surface area contributed by atoms with Gasteiger partial charge in [0.15, 0.2) is 0 Å². The molecule has 0 aliphatic heterocycles. The second-order valence-corrected chi connectivity index (χ2v) is 9.30. The van der Waals surface area contributed by atoms with Gasteiger partial charge in [0.2, 0.25) is 5.91 Å². The lowest BCUT2D eigenvalue weighted by atomic mass is 9.86. The van der Waals surface area contributed by atoms with Gasteiger partial charge < -0.3 is 19.5 Å². The maximum absolute atomic E-state index is 13.1. The van der Waals surface area contributed by atoms with E-state index < -0.39 is 17.7 Å². The number of carbonyl (C=O) groups excluding carboxylic acids is 2. The van der Waals surface area contributed by atoms with Crippen molar-refractivity contribution in [2.75, 3.05) is 20.3 Å². The number of methoxy groups -OCH3 is 1. The molecule has 0 heterocycles. The van der Waals surface area contributed by atoms with Gasteiger partial charge in [-0.05, 0) is 38.8 Å². The van der Waals surface area contributed by atoms with Crippen LogP contribution in [-0.2, 0) is 19.1 Å². The lowest BCUT2D eigenvalue weighted by Crippen LogP contribution is -2.46. The van der Waals surface area contributed by atoms with Crippen LogP contribution >= 0.6 is 0 Å². The Morgan fingerprint density at radius 1 is 0.939 bits per heavy atom. The Morgan fingerprint density at radius 3 is 1.91 bits per heavy atom. The highest BCUT2D eigenvalue weighted by atomic mass is 16.6. The first kappa shape index (κ1) is 26.6. The highest BCUT2D eigenvalue weighted by Gasteiger charge is 2.30. The van der Waals surface area contributed by atoms with Crippen LogP contribution in [-0.4, -0.2) is 59.9 Å². The summed E-state index contributed by atoms with van der Waals surface area (Å²) in [5, 5.41) is 11.4. The van der Waals surface area contributed by atoms with Crippen molar-refractivity contribution >= 4 is 11.9 Å². The summed E-state index contributed by atoms with van der Waals surface area (Å²) in [6.07, 6.45) is -0.847. The number of esters is 1. The van der Waals surface area contributed by atoms with Crippen molar-refractivity contribution in [2.45, 2.75) is 64.2 Å². The van der Waals surface area contributed by atoms with Crippen LogP contribution in [0.25, 0.3) is 0 Å². The summed E-state index contributed by atoms with van der Waals surface area (Å²) in [5.41, 5.74) is 1.34. The molecule has 2 atom stereocenters. The number of ether oxygens (including phenoxy) is 2. The summed E-state index contributed by atoms with van der Waals surface area (Å²) in [6.45, 7) is 7.70. The first-order valence-electron chi connectivity index (χ1n) is 11.4. The Hall–Kier alpha value is -2.70. The van der Waals surface area contributed by atoms with Crippen LogP contribution in [0.15, 0.2) is 60.7 Å². The van der Waals surface area contributed by atoms with E-state index in [0.29, 0.717) is 6.61 Å². The second-order valence-electron chi connectivity index (χ2n) is 9.30. The van der Waals surface area contributed by atoms with Crippen molar-refractivity contribution < 1.29 is 24.2 Å². The largest absolute Gasteiger partial charge is 0.460 e. The molecule has 180 valence electrons. The molecule has 1 N–H and O–H groups in total. The Bertz CT molecular complexity index is 824. The molecule has 0 aromatic heterocycles. The SMILES string of the molecule is COCC(C)N(CC(O)C(c1ccccc1)c1ccccc1)C(=O)CCC(=O)OC(C)(C)C. The van der Waals surface area contributed by atoms with Gasteiger partial charge in [-0.25, -0.2) is 0 Å². The minimum absolute atomic E-state index is 0.0107. The van der Waals surface area contributed by atoms with Gasteiger partial charge in [0, 0.05) is 26.0 Å². The number of aliphatic hydroxyl groups is 1. The van der Waals surface area contributed by atoms with E-state index in [2.05, 4.69) is 0 Å². The summed E-state index contributed by atoms with van der Waals surface area (Å²) in [4.78, 5) is 26.8. The van der Waals surface area contributed by atoms with Crippen LogP contribution in [0.5, 0.6) is 0 Å². The molecule has 0 saturated carbocycles. The number of aliphatic hydroxyl groups excluding tert-OH is 1. The average Bonchev–Trinajstić information content (AvgIpc) is 2.76. The van der Waals surface area contributed by atoms with Crippen molar-refractivity contribution in [1.82, 2.24) is 4.90 Å². The molecule has 2 aromatic carbocycles. The molecule has 0 bridgehead atoms. The van der Waals surface area contributed by atoms with Gasteiger partial charge in [0.25, 0.3) is 0 Å². The number of nitrogens with zero attached hydrogens (tertiary/aromatic N) is 1. The molecule has 6 heteroatoms. The minimum Gasteiger partial charge on any atom is -0.460 e. The normalized spacial score (nSPS) is 13.4. The summed E-state index contributed by atoms with van der Waals surface area (Å²) in [7, 11) is 1.58. The molecule has 0 fully saturated rings. The van der Waals surface area contributed by atoms with Crippen LogP contribution in [0.2, 0.25) is 0 Å². The van der Waals surface area contributed by atoms with E-state index in [4.69, 9.17) is 9.47 Å². The molecule has 0 aliphatic rings. The van der Waals surface area contributed by atoms with Crippen LogP contribution < -0.4 is 0 Å². The van der Waals surface area contributed by atoms with Crippen LogP contribution in [0.4, 0.5) is 0 Å². The Kier molecular flexibility index (Phi) is 10.1. The van der Waals surface area contributed by atoms with Gasteiger partial charge in [-0.15, -0.1) is 0 Å². The van der Waals surface area contributed by atoms with Gasteiger partial charge in [-0.1, -0.05) is 60.7 Å². The fourth-order valence-corrected chi connectivity index (χ4v) is 3.87. The second kappa shape index (κ2) is 12.5. The molecule has 1 amide bonds. The minimum atomic E-state index is -0.848. The third-order valence-electron chi connectivity index (χ3n) is 5.31. The predicted molar refractivity (Wildman–Crippen MR) is 129 cm³/mol. The lowest BCUT2D eigenvalue weighted by Gasteiger charge is -2.34. The Balaban J connectivity index is 2.21. The Labute approximate surface area is 197 Å². The van der Waals surface area contributed by atoms with Crippen molar-refractivity contribution in [3.05, 3.63) is 71.8 Å². The van der Waals surface area contributed by atoms with E-state index in [0.717, 1.165) is 11.1 Å². The number of hydrogen-bond donors (Lipinski definition) is 1. The summed E-state index contributed by atoms with van der Waals surface area (Å²) < 4.78 is 10.6. The quantitative estimate of drug-likeness (QED) is 0.515. The maximum atomic E-state index is 13.1. The lowest BCUT2D eigenvalue weighted by molar-refractivity contribution is -0.156. The highest BCUT2D eigenvalue weighted by molar-refractivity contribution is 5.81. The van der Waals surface area contributed by atoms with E-state index in [1.165, 1.54) is 0 Å². The highest BCUT2D eigenvalue weighted by Crippen LogP contribution is 2.29. The predicted octanol–water partition coefficient (Wildman–Crippen LogP) is 4.16. The van der Waals surface area contributed by atoms with Gasteiger partial charge in [0.05, 0.1) is 25.2 Å². The molecule has 33 heavy (non-hydrogen) atoms. The fraction of sp³-hybridized carbons (Fsp3) is 0.481. The van der Waals surface area contributed by atoms with Gasteiger partial charge in [-0.3, -0.25) is 9.59 Å². The van der Waals surface area contributed by atoms with Crippen molar-refractivity contribution in [3.8, 4) is 0 Å². The van der Waals surface area contributed by atoms with Crippen LogP contribution in [0.3, 0.4) is 0 Å². The average molecular weight is 456 g/mol. The molecule has 0 saturated heterocycles. The Morgan fingerprint density at radius 2 is 1.45 bits per heavy atom. The van der Waals surface area contributed by atoms with Gasteiger partial charge in [-0.2, -0.15) is 0 Å². The molecule has 2 aromatic rings. The zero-order valence-corrected chi connectivity index (χ0v) is 20.4. The topological polar surface area (TPSA) is 76.1 Å². The molecular formula is C27H37NO5. The van der Waals surface area contributed by atoms with Crippen molar-refractivity contribution in [2.24, 2.45) is 0 Å². The van der Waals surface area contributed by atoms with Crippen LogP contribution in [0, 0.1) is 0 Å². The number of benzene rings is 2. The third-order valence-corrected chi connectivity index (χ3v) is 5.31. The summed E-state index contributed by atoms with van der Waals surface area (Å²) in [6, 6.07) is 19.3. The molecule has 6 nitrogen and oxygen atoms in total. The zero-order chi connectivity index (χ0) is 24.4. The number of hydrogen-bond acceptors (Lipinski definition) is 5. The zero-order valence-electron chi connectivity index (χ0n) is 20.4. The number of rotatable bonds is 11. The molecule has 0 radical (unpaired) electrons. The summed E-state index contributed by atoms with van der Waals surface area (Å²) in [5.74, 6) is -0.935. The van der Waals surface area contributed by atoms with Crippen LogP contribution in [0.1, 0.15) is 57.6 Å². The van der Waals surface area contributed by atoms with Gasteiger partial charge >= 0.3 is 5.97 Å². The first-order chi connectivity index (χ1) is 15.6. The molecule has 0 aliphatic carbocycles. The van der Waals surface area contributed by atoms with E-state index in [9.17, 15) is 14.7 Å². The smallest absolute Gasteiger partial charge is 0.306 e. The molecule has 2 unspecified atom stereocenters. The van der Waals surface area contributed by atoms with Gasteiger partial charge in [0.1, 0.15) is 5.60 Å². The number of carbonyl (C=O) groups is 2. The molecular weight excluding hydrogens is 418 g/mol. The molecule has 2 rings (SSSR count). The fourth-order valence-electron chi connectivity index (χ4n) is 3.87. The first-order valence-corrected chi connectivity index (χ1v) is 11.4. The van der Waals surface area contributed by atoms with E-state index >= 15 is 0 Å². The summed E-state index contributed by atoms with van der Waals surface area (Å²) >= 11 is 0. The van der Waals surface area contributed by atoms with Crippen molar-refractivity contribution in [1.29, 1.82) is 0 Å². The standard InChI is InChI=1S/C27H37NO5/c1-20(19-32-5)28(24(30)16-17-25(31)33-27(2,3)4)18-23(29)26(21-12-8-6-9-13-21)22-14-10-7-11-15-22/h6-15,20,23,26,29H,16-19H2,1-5H3. The number of amides is 1. The third kappa shape index (κ3) is 8.63. The van der Waals surface area contributed by atoms with Crippen molar-refractivity contribution in [3.63, 3.8) is 0 Å². The van der Waals surface area contributed by atoms with E-state index in [1.54, 1.807) is 32.8 Å². The van der Waals surface area contributed by atoms with E-state index in [1.807, 2.05) is 67.6 Å². The monoisotopic (exact) mass is 455 g/mol.